The van der Waals surface area contributed by atoms with Gasteiger partial charge in [-0.1, -0.05) is 38.0 Å². The van der Waals surface area contributed by atoms with Crippen LogP contribution in [-0.2, 0) is 19.5 Å². The minimum Gasteiger partial charge on any atom is -0.310 e. The number of hydrogen-bond acceptors (Lipinski definition) is 3. The number of nitrogens with zero attached hydrogens (tertiary/aromatic N) is 2. The number of likely N-dealkylation sites (N-methyl/N-ethyl adjacent to an activating group) is 1. The largest absolute Gasteiger partial charge is 0.310 e. The molecular weight excluding hydrogens is 282 g/mol. The first kappa shape index (κ1) is 15.1. The first-order chi connectivity index (χ1) is 11.3. The Hall–Kier alpha value is -1.45. The van der Waals surface area contributed by atoms with Crippen molar-refractivity contribution in [2.45, 2.75) is 58.2 Å². The van der Waals surface area contributed by atoms with Gasteiger partial charge in [-0.05, 0) is 36.6 Å². The summed E-state index contributed by atoms with van der Waals surface area (Å²) in [5, 5.41) is 5.17. The fourth-order valence-electron chi connectivity index (χ4n) is 4.18. The Morgan fingerprint density at radius 2 is 2.04 bits per heavy atom. The molecule has 3 nitrogen and oxygen atoms in total. The molecule has 2 aliphatic rings. The van der Waals surface area contributed by atoms with E-state index in [2.05, 4.69) is 41.4 Å². The number of pyridine rings is 1. The lowest BCUT2D eigenvalue weighted by Gasteiger charge is -2.30. The summed E-state index contributed by atoms with van der Waals surface area (Å²) in [6.45, 7) is 6.58. The number of hydrogen-bond donors (Lipinski definition) is 1. The van der Waals surface area contributed by atoms with Crippen LogP contribution in [0.3, 0.4) is 0 Å². The highest BCUT2D eigenvalue weighted by atomic mass is 15.1. The molecule has 0 spiro atoms. The van der Waals surface area contributed by atoms with Gasteiger partial charge >= 0.3 is 0 Å². The molecule has 0 bridgehead atoms. The smallest absolute Gasteiger partial charge is 0.0708 e. The van der Waals surface area contributed by atoms with Gasteiger partial charge in [-0.2, -0.15) is 0 Å². The SMILES string of the molecule is CCN1CCc2nc3ccccc3c(CNC3CCCC3)c2C1. The van der Waals surface area contributed by atoms with E-state index in [0.717, 1.165) is 32.6 Å². The average Bonchev–Trinajstić information content (AvgIpc) is 3.11. The van der Waals surface area contributed by atoms with E-state index in [9.17, 15) is 0 Å². The second kappa shape index (κ2) is 6.58. The second-order valence-electron chi connectivity index (χ2n) is 7.01. The van der Waals surface area contributed by atoms with Crippen molar-refractivity contribution in [3.63, 3.8) is 0 Å². The van der Waals surface area contributed by atoms with Crippen LogP contribution in [0.25, 0.3) is 10.9 Å². The Labute approximate surface area is 139 Å². The fourth-order valence-corrected chi connectivity index (χ4v) is 4.18. The molecule has 0 atom stereocenters. The van der Waals surface area contributed by atoms with Crippen LogP contribution in [0.4, 0.5) is 0 Å². The van der Waals surface area contributed by atoms with Crippen molar-refractivity contribution in [1.82, 2.24) is 15.2 Å². The van der Waals surface area contributed by atoms with E-state index >= 15 is 0 Å². The van der Waals surface area contributed by atoms with Crippen LogP contribution in [0, 0.1) is 0 Å². The van der Waals surface area contributed by atoms with E-state index in [1.165, 1.54) is 53.4 Å². The van der Waals surface area contributed by atoms with Crippen molar-refractivity contribution in [2.24, 2.45) is 0 Å². The summed E-state index contributed by atoms with van der Waals surface area (Å²) >= 11 is 0. The Morgan fingerprint density at radius 3 is 2.87 bits per heavy atom. The molecule has 2 heterocycles. The Kier molecular flexibility index (Phi) is 4.32. The van der Waals surface area contributed by atoms with E-state index in [0.29, 0.717) is 6.04 Å². The Bertz CT molecular complexity index is 689. The topological polar surface area (TPSA) is 28.2 Å². The predicted octanol–water partition coefficient (Wildman–Crippen LogP) is 3.65. The van der Waals surface area contributed by atoms with Gasteiger partial charge in [0.15, 0.2) is 0 Å². The first-order valence-electron chi connectivity index (χ1n) is 9.20. The number of benzene rings is 1. The maximum absolute atomic E-state index is 4.97. The first-order valence-corrected chi connectivity index (χ1v) is 9.20. The summed E-state index contributed by atoms with van der Waals surface area (Å²) in [5.74, 6) is 0. The zero-order chi connectivity index (χ0) is 15.6. The van der Waals surface area contributed by atoms with Crippen molar-refractivity contribution < 1.29 is 0 Å². The highest BCUT2D eigenvalue weighted by Crippen LogP contribution is 2.28. The summed E-state index contributed by atoms with van der Waals surface area (Å²) in [6.07, 6.45) is 6.54. The molecule has 1 aliphatic heterocycles. The molecule has 1 aromatic carbocycles. The minimum absolute atomic E-state index is 0.712. The summed E-state index contributed by atoms with van der Waals surface area (Å²) in [4.78, 5) is 7.51. The molecule has 1 fully saturated rings. The van der Waals surface area contributed by atoms with Crippen LogP contribution in [-0.4, -0.2) is 29.0 Å². The molecular formula is C20H27N3. The molecule has 2 aromatic rings. The van der Waals surface area contributed by atoms with Gasteiger partial charge in [0.2, 0.25) is 0 Å². The van der Waals surface area contributed by atoms with E-state index < -0.39 is 0 Å². The minimum atomic E-state index is 0.712. The lowest BCUT2D eigenvalue weighted by molar-refractivity contribution is 0.264. The monoisotopic (exact) mass is 309 g/mol. The zero-order valence-corrected chi connectivity index (χ0v) is 14.1. The highest BCUT2D eigenvalue weighted by molar-refractivity contribution is 5.83. The van der Waals surface area contributed by atoms with E-state index in [1.54, 1.807) is 0 Å². The zero-order valence-electron chi connectivity index (χ0n) is 14.1. The normalized spacial score (nSPS) is 19.3. The Morgan fingerprint density at radius 1 is 1.22 bits per heavy atom. The average molecular weight is 309 g/mol. The van der Waals surface area contributed by atoms with Crippen molar-refractivity contribution in [1.29, 1.82) is 0 Å². The van der Waals surface area contributed by atoms with Crippen molar-refractivity contribution in [3.8, 4) is 0 Å². The summed E-state index contributed by atoms with van der Waals surface area (Å²) in [7, 11) is 0. The third-order valence-corrected chi connectivity index (χ3v) is 5.61. The van der Waals surface area contributed by atoms with Crippen LogP contribution >= 0.6 is 0 Å². The lowest BCUT2D eigenvalue weighted by atomic mass is 9.95. The maximum Gasteiger partial charge on any atom is 0.0708 e. The van der Waals surface area contributed by atoms with Gasteiger partial charge in [0.05, 0.1) is 5.52 Å². The van der Waals surface area contributed by atoms with Gasteiger partial charge in [-0.3, -0.25) is 9.88 Å². The lowest BCUT2D eigenvalue weighted by Crippen LogP contribution is -2.33. The van der Waals surface area contributed by atoms with Crippen LogP contribution in [0.1, 0.15) is 49.4 Å². The molecule has 0 radical (unpaired) electrons. The van der Waals surface area contributed by atoms with Gasteiger partial charge in [-0.25, -0.2) is 0 Å². The molecule has 4 rings (SSSR count). The van der Waals surface area contributed by atoms with Crippen LogP contribution in [0.2, 0.25) is 0 Å². The van der Waals surface area contributed by atoms with E-state index in [-0.39, 0.29) is 0 Å². The molecule has 1 aromatic heterocycles. The van der Waals surface area contributed by atoms with Crippen molar-refractivity contribution in [3.05, 3.63) is 41.1 Å². The molecule has 1 aliphatic carbocycles. The van der Waals surface area contributed by atoms with Crippen LogP contribution in [0.5, 0.6) is 0 Å². The highest BCUT2D eigenvalue weighted by Gasteiger charge is 2.22. The number of rotatable bonds is 4. The molecule has 1 saturated carbocycles. The van der Waals surface area contributed by atoms with Crippen LogP contribution < -0.4 is 5.32 Å². The third kappa shape index (κ3) is 3.00. The predicted molar refractivity (Wildman–Crippen MR) is 95.5 cm³/mol. The maximum atomic E-state index is 4.97. The van der Waals surface area contributed by atoms with Crippen LogP contribution in [0.15, 0.2) is 24.3 Å². The summed E-state index contributed by atoms with van der Waals surface area (Å²) in [6, 6.07) is 9.39. The fraction of sp³-hybridized carbons (Fsp3) is 0.550. The number of aromatic nitrogens is 1. The quantitative estimate of drug-likeness (QED) is 0.934. The summed E-state index contributed by atoms with van der Waals surface area (Å²) < 4.78 is 0. The number of para-hydroxylation sites is 1. The standard InChI is InChI=1S/C20H27N3/c1-2-23-12-11-20-18(14-23)17(13-21-15-7-3-4-8-15)16-9-5-6-10-19(16)22-20/h5-6,9-10,15,21H,2-4,7-8,11-14H2,1H3. The third-order valence-electron chi connectivity index (χ3n) is 5.61. The number of nitrogens with one attached hydrogen (secondary N) is 1. The van der Waals surface area contributed by atoms with Gasteiger partial charge in [0.1, 0.15) is 0 Å². The van der Waals surface area contributed by atoms with E-state index in [1.807, 2.05) is 0 Å². The molecule has 1 N–H and O–H groups in total. The van der Waals surface area contributed by atoms with Crippen molar-refractivity contribution >= 4 is 10.9 Å². The summed E-state index contributed by atoms with van der Waals surface area (Å²) in [5.41, 5.74) is 5.48. The molecule has 0 saturated heterocycles. The molecule has 122 valence electrons. The molecule has 0 unspecified atom stereocenters. The number of fused-ring (bicyclic) bond motifs is 2. The van der Waals surface area contributed by atoms with Gasteiger partial charge in [-0.15, -0.1) is 0 Å². The Balaban J connectivity index is 1.72. The van der Waals surface area contributed by atoms with Crippen molar-refractivity contribution in [2.75, 3.05) is 13.1 Å². The van der Waals surface area contributed by atoms with Gasteiger partial charge in [0.25, 0.3) is 0 Å². The molecule has 3 heteroatoms. The van der Waals surface area contributed by atoms with E-state index in [4.69, 9.17) is 4.98 Å². The molecule has 0 amide bonds. The van der Waals surface area contributed by atoms with Gasteiger partial charge in [0, 0.05) is 43.2 Å². The second-order valence-corrected chi connectivity index (χ2v) is 7.01. The van der Waals surface area contributed by atoms with Gasteiger partial charge < -0.3 is 5.32 Å². The molecule has 23 heavy (non-hydrogen) atoms.